The van der Waals surface area contributed by atoms with Gasteiger partial charge in [0.25, 0.3) is 6.43 Å². The lowest BCUT2D eigenvalue weighted by Crippen LogP contribution is -2.35. The zero-order valence-electron chi connectivity index (χ0n) is 8.91. The van der Waals surface area contributed by atoms with Crippen LogP contribution in [0.1, 0.15) is 19.8 Å². The molecule has 1 atom stereocenters. The zero-order valence-corrected chi connectivity index (χ0v) is 8.91. The number of halogens is 2. The van der Waals surface area contributed by atoms with Gasteiger partial charge < -0.3 is 15.2 Å². The maximum absolute atomic E-state index is 11.8. The summed E-state index contributed by atoms with van der Waals surface area (Å²) >= 11 is 0. The van der Waals surface area contributed by atoms with Gasteiger partial charge in [0.05, 0.1) is 13.0 Å². The number of carbonyl (C=O) groups excluding carboxylic acids is 2. The van der Waals surface area contributed by atoms with E-state index in [4.69, 9.17) is 5.11 Å². The van der Waals surface area contributed by atoms with Crippen molar-refractivity contribution in [1.29, 1.82) is 0 Å². The van der Waals surface area contributed by atoms with Gasteiger partial charge in [-0.05, 0) is 6.92 Å². The van der Waals surface area contributed by atoms with Gasteiger partial charge in [-0.1, -0.05) is 0 Å². The Labute approximate surface area is 91.8 Å². The number of nitrogens with one attached hydrogen (secondary N) is 1. The maximum atomic E-state index is 11.8. The molecule has 5 nitrogen and oxygen atoms in total. The van der Waals surface area contributed by atoms with Crippen molar-refractivity contribution in [3.63, 3.8) is 0 Å². The molecule has 0 radical (unpaired) electrons. The van der Waals surface area contributed by atoms with E-state index in [2.05, 4.69) is 10.1 Å². The number of esters is 1. The highest BCUT2D eigenvalue weighted by Crippen LogP contribution is 1.99. The summed E-state index contributed by atoms with van der Waals surface area (Å²) in [5, 5.41) is 10.8. The molecule has 7 heteroatoms. The Morgan fingerprint density at radius 1 is 1.38 bits per heavy atom. The van der Waals surface area contributed by atoms with Gasteiger partial charge in [-0.25, -0.2) is 8.78 Å². The van der Waals surface area contributed by atoms with Gasteiger partial charge >= 0.3 is 5.97 Å². The standard InChI is InChI=1S/C9H15F2NO4/c1-2-16-8(15)4-3-7(14)12-5-6(13)9(10)11/h6,9,13H,2-5H2,1H3,(H,12,14). The third-order valence-electron chi connectivity index (χ3n) is 1.66. The average molecular weight is 239 g/mol. The van der Waals surface area contributed by atoms with Crippen LogP contribution in [0, 0.1) is 0 Å². The lowest BCUT2D eigenvalue weighted by atomic mass is 10.3. The molecule has 0 saturated carbocycles. The van der Waals surface area contributed by atoms with Crippen LogP contribution in [0.15, 0.2) is 0 Å². The van der Waals surface area contributed by atoms with Crippen LogP contribution in [0.3, 0.4) is 0 Å². The predicted molar refractivity (Wildman–Crippen MR) is 50.9 cm³/mol. The number of amides is 1. The van der Waals surface area contributed by atoms with Gasteiger partial charge in [0.1, 0.15) is 6.10 Å². The molecule has 0 aliphatic carbocycles. The Kier molecular flexibility index (Phi) is 7.36. The molecule has 94 valence electrons. The smallest absolute Gasteiger partial charge is 0.306 e. The minimum atomic E-state index is -2.90. The fourth-order valence-electron chi connectivity index (χ4n) is 0.845. The highest BCUT2D eigenvalue weighted by atomic mass is 19.3. The predicted octanol–water partition coefficient (Wildman–Crippen LogP) is 0.0719. The molecule has 0 heterocycles. The normalized spacial score (nSPS) is 12.3. The molecular weight excluding hydrogens is 224 g/mol. The van der Waals surface area contributed by atoms with Crippen LogP contribution < -0.4 is 5.32 Å². The van der Waals surface area contributed by atoms with Crippen molar-refractivity contribution in [2.75, 3.05) is 13.2 Å². The minimum absolute atomic E-state index is 0.107. The van der Waals surface area contributed by atoms with E-state index in [0.29, 0.717) is 0 Å². The van der Waals surface area contributed by atoms with Gasteiger partial charge in [-0.3, -0.25) is 9.59 Å². The van der Waals surface area contributed by atoms with Crippen molar-refractivity contribution < 1.29 is 28.2 Å². The van der Waals surface area contributed by atoms with E-state index >= 15 is 0 Å². The molecule has 0 aromatic heterocycles. The second-order valence-corrected chi connectivity index (χ2v) is 3.01. The van der Waals surface area contributed by atoms with E-state index in [-0.39, 0.29) is 19.4 Å². The summed E-state index contributed by atoms with van der Waals surface area (Å²) < 4.78 is 28.2. The lowest BCUT2D eigenvalue weighted by Gasteiger charge is -2.10. The monoisotopic (exact) mass is 239 g/mol. The highest BCUT2D eigenvalue weighted by molar-refractivity contribution is 5.81. The topological polar surface area (TPSA) is 75.6 Å². The van der Waals surface area contributed by atoms with Crippen molar-refractivity contribution >= 4 is 11.9 Å². The van der Waals surface area contributed by atoms with Crippen LogP contribution in [-0.4, -0.2) is 42.7 Å². The molecule has 0 fully saturated rings. The number of rotatable bonds is 7. The Morgan fingerprint density at radius 2 is 2.00 bits per heavy atom. The van der Waals surface area contributed by atoms with E-state index in [0.717, 1.165) is 0 Å². The van der Waals surface area contributed by atoms with Crippen LogP contribution in [0.2, 0.25) is 0 Å². The molecule has 0 spiro atoms. The second-order valence-electron chi connectivity index (χ2n) is 3.01. The molecule has 0 aliphatic heterocycles. The molecule has 1 amide bonds. The summed E-state index contributed by atoms with van der Waals surface area (Å²) in [5.41, 5.74) is 0. The molecule has 0 aliphatic rings. The summed E-state index contributed by atoms with van der Waals surface area (Å²) in [6.07, 6.45) is -5.03. The number of alkyl halides is 2. The van der Waals surface area contributed by atoms with Gasteiger partial charge in [0.2, 0.25) is 5.91 Å². The van der Waals surface area contributed by atoms with Crippen molar-refractivity contribution in [1.82, 2.24) is 5.32 Å². The Morgan fingerprint density at radius 3 is 2.50 bits per heavy atom. The molecule has 2 N–H and O–H groups in total. The van der Waals surface area contributed by atoms with E-state index < -0.39 is 31.0 Å². The summed E-state index contributed by atoms with van der Waals surface area (Å²) in [6.45, 7) is 1.33. The van der Waals surface area contributed by atoms with Crippen molar-refractivity contribution in [2.24, 2.45) is 0 Å². The summed E-state index contributed by atoms with van der Waals surface area (Å²) in [6, 6.07) is 0. The van der Waals surface area contributed by atoms with Crippen molar-refractivity contribution in [3.8, 4) is 0 Å². The number of hydrogen-bond acceptors (Lipinski definition) is 4. The molecule has 0 aromatic carbocycles. The van der Waals surface area contributed by atoms with Crippen LogP contribution in [0.4, 0.5) is 8.78 Å². The first-order valence-electron chi connectivity index (χ1n) is 4.86. The van der Waals surface area contributed by atoms with Gasteiger partial charge in [-0.2, -0.15) is 0 Å². The number of aliphatic hydroxyl groups excluding tert-OH is 1. The van der Waals surface area contributed by atoms with Gasteiger partial charge in [-0.15, -0.1) is 0 Å². The Hall–Kier alpha value is -1.24. The molecule has 16 heavy (non-hydrogen) atoms. The van der Waals surface area contributed by atoms with Crippen LogP contribution in [0.5, 0.6) is 0 Å². The Balaban J connectivity index is 3.63. The number of aliphatic hydroxyl groups is 1. The molecular formula is C9H15F2NO4. The summed E-state index contributed by atoms with van der Waals surface area (Å²) in [7, 11) is 0. The first-order chi connectivity index (χ1) is 7.47. The van der Waals surface area contributed by atoms with E-state index in [9.17, 15) is 18.4 Å². The fourth-order valence-corrected chi connectivity index (χ4v) is 0.845. The third kappa shape index (κ3) is 7.10. The average Bonchev–Trinajstić information content (AvgIpc) is 2.23. The van der Waals surface area contributed by atoms with Crippen LogP contribution in [-0.2, 0) is 14.3 Å². The molecule has 0 aromatic rings. The molecule has 0 bridgehead atoms. The largest absolute Gasteiger partial charge is 0.466 e. The van der Waals surface area contributed by atoms with E-state index in [1.807, 2.05) is 0 Å². The maximum Gasteiger partial charge on any atom is 0.306 e. The first-order valence-corrected chi connectivity index (χ1v) is 4.86. The number of ether oxygens (including phenoxy) is 1. The summed E-state index contributed by atoms with van der Waals surface area (Å²) in [4.78, 5) is 21.8. The van der Waals surface area contributed by atoms with Gasteiger partial charge in [0.15, 0.2) is 0 Å². The third-order valence-corrected chi connectivity index (χ3v) is 1.66. The minimum Gasteiger partial charge on any atom is -0.466 e. The number of carbonyl (C=O) groups is 2. The van der Waals surface area contributed by atoms with Crippen LogP contribution in [0.25, 0.3) is 0 Å². The van der Waals surface area contributed by atoms with Gasteiger partial charge in [0, 0.05) is 13.0 Å². The number of hydrogen-bond donors (Lipinski definition) is 2. The Bertz CT molecular complexity index is 236. The van der Waals surface area contributed by atoms with E-state index in [1.165, 1.54) is 0 Å². The van der Waals surface area contributed by atoms with E-state index in [1.54, 1.807) is 6.92 Å². The SMILES string of the molecule is CCOC(=O)CCC(=O)NCC(O)C(F)F. The zero-order chi connectivity index (χ0) is 12.6. The summed E-state index contributed by atoms with van der Waals surface area (Å²) in [5.74, 6) is -1.10. The molecule has 0 rings (SSSR count). The fraction of sp³-hybridized carbons (Fsp3) is 0.778. The first kappa shape index (κ1) is 14.8. The molecule has 0 saturated heterocycles. The van der Waals surface area contributed by atoms with Crippen molar-refractivity contribution in [3.05, 3.63) is 0 Å². The second kappa shape index (κ2) is 7.98. The van der Waals surface area contributed by atoms with Crippen LogP contribution >= 0.6 is 0 Å². The quantitative estimate of drug-likeness (QED) is 0.616. The van der Waals surface area contributed by atoms with Crippen molar-refractivity contribution in [2.45, 2.75) is 32.3 Å². The molecule has 1 unspecified atom stereocenters. The highest BCUT2D eigenvalue weighted by Gasteiger charge is 2.17. The lowest BCUT2D eigenvalue weighted by molar-refractivity contribution is -0.144.